The summed E-state index contributed by atoms with van der Waals surface area (Å²) in [5.41, 5.74) is 0. The molecule has 5 heteroatoms. The normalized spacial score (nSPS) is 18.8. The number of nitrogens with zero attached hydrogens (tertiary/aromatic N) is 2. The van der Waals surface area contributed by atoms with Gasteiger partial charge in [-0.25, -0.2) is 0 Å². The monoisotopic (exact) mass is 218 g/mol. The van der Waals surface area contributed by atoms with Crippen molar-refractivity contribution in [1.29, 1.82) is 0 Å². The van der Waals surface area contributed by atoms with Gasteiger partial charge in [-0.3, -0.25) is 0 Å². The molecule has 13 heavy (non-hydrogen) atoms. The van der Waals surface area contributed by atoms with E-state index in [2.05, 4.69) is 8.75 Å². The molecule has 1 fully saturated rings. The molecule has 0 aliphatic heterocycles. The van der Waals surface area contributed by atoms with Gasteiger partial charge in [0.2, 0.25) is 5.15 Å². The molecular weight excluding hydrogens is 208 g/mol. The molecule has 1 aromatic heterocycles. The van der Waals surface area contributed by atoms with Crippen LogP contribution in [0.25, 0.3) is 0 Å². The molecule has 0 bridgehead atoms. The molecule has 1 aromatic rings. The SMILES string of the molecule is Clc1nsnc1OC1CCCCC1. The summed E-state index contributed by atoms with van der Waals surface area (Å²) >= 11 is 6.87. The Bertz CT molecular complexity index is 273. The molecule has 0 aromatic carbocycles. The molecule has 1 saturated carbocycles. The van der Waals surface area contributed by atoms with Crippen molar-refractivity contribution in [3.8, 4) is 5.88 Å². The highest BCUT2D eigenvalue weighted by molar-refractivity contribution is 6.99. The lowest BCUT2D eigenvalue weighted by atomic mass is 9.98. The summed E-state index contributed by atoms with van der Waals surface area (Å²) in [5, 5.41) is 0.399. The van der Waals surface area contributed by atoms with Crippen LogP contribution < -0.4 is 4.74 Å². The highest BCUT2D eigenvalue weighted by Crippen LogP contribution is 2.26. The molecule has 1 heterocycles. The fraction of sp³-hybridized carbons (Fsp3) is 0.750. The maximum absolute atomic E-state index is 5.77. The Morgan fingerprint density at radius 3 is 2.62 bits per heavy atom. The number of ether oxygens (including phenoxy) is 1. The van der Waals surface area contributed by atoms with Gasteiger partial charge in [-0.2, -0.15) is 4.37 Å². The van der Waals surface area contributed by atoms with Crippen molar-refractivity contribution in [1.82, 2.24) is 8.75 Å². The van der Waals surface area contributed by atoms with Crippen molar-refractivity contribution < 1.29 is 4.74 Å². The predicted molar refractivity (Wildman–Crippen MR) is 52.4 cm³/mol. The van der Waals surface area contributed by atoms with Crippen LogP contribution in [0, 0.1) is 0 Å². The predicted octanol–water partition coefficient (Wildman–Crippen LogP) is 2.90. The van der Waals surface area contributed by atoms with Crippen molar-refractivity contribution >= 4 is 23.3 Å². The van der Waals surface area contributed by atoms with Crippen LogP contribution in [0.4, 0.5) is 0 Å². The topological polar surface area (TPSA) is 35.0 Å². The smallest absolute Gasteiger partial charge is 0.265 e. The van der Waals surface area contributed by atoms with Crippen LogP contribution in [-0.4, -0.2) is 14.9 Å². The number of hydrogen-bond donors (Lipinski definition) is 0. The van der Waals surface area contributed by atoms with Gasteiger partial charge < -0.3 is 4.74 Å². The molecule has 1 aliphatic rings. The van der Waals surface area contributed by atoms with E-state index in [0.29, 0.717) is 17.1 Å². The first-order chi connectivity index (χ1) is 6.36. The van der Waals surface area contributed by atoms with Crippen molar-refractivity contribution in [3.63, 3.8) is 0 Å². The number of rotatable bonds is 2. The molecular formula is C8H11ClN2OS. The van der Waals surface area contributed by atoms with Crippen LogP contribution in [0.5, 0.6) is 5.88 Å². The average molecular weight is 219 g/mol. The fourth-order valence-electron chi connectivity index (χ4n) is 1.58. The van der Waals surface area contributed by atoms with Gasteiger partial charge in [0.05, 0.1) is 11.7 Å². The van der Waals surface area contributed by atoms with Gasteiger partial charge in [0, 0.05) is 0 Å². The zero-order valence-corrected chi connectivity index (χ0v) is 8.77. The molecule has 1 aliphatic carbocycles. The van der Waals surface area contributed by atoms with Crippen LogP contribution in [0.15, 0.2) is 0 Å². The first-order valence-corrected chi connectivity index (χ1v) is 5.62. The highest BCUT2D eigenvalue weighted by Gasteiger charge is 2.17. The van der Waals surface area contributed by atoms with Gasteiger partial charge in [-0.15, -0.1) is 4.37 Å². The molecule has 72 valence electrons. The van der Waals surface area contributed by atoms with Crippen LogP contribution in [0.1, 0.15) is 32.1 Å². The van der Waals surface area contributed by atoms with Gasteiger partial charge in [-0.1, -0.05) is 18.0 Å². The Labute approximate surface area is 86.4 Å². The number of halogens is 1. The third-order valence-corrected chi connectivity index (χ3v) is 3.11. The molecule has 3 nitrogen and oxygen atoms in total. The second-order valence-corrected chi connectivity index (χ2v) is 4.12. The van der Waals surface area contributed by atoms with Crippen molar-refractivity contribution in [3.05, 3.63) is 5.15 Å². The van der Waals surface area contributed by atoms with E-state index in [1.807, 2.05) is 0 Å². The van der Waals surface area contributed by atoms with E-state index in [0.717, 1.165) is 24.6 Å². The standard InChI is InChI=1S/C8H11ClN2OS/c9-7-8(11-13-10-7)12-6-4-2-1-3-5-6/h6H,1-5H2. The first kappa shape index (κ1) is 9.21. The third-order valence-electron chi connectivity index (χ3n) is 2.25. The minimum Gasteiger partial charge on any atom is -0.472 e. The van der Waals surface area contributed by atoms with Gasteiger partial charge in [0.15, 0.2) is 0 Å². The molecule has 2 rings (SSSR count). The zero-order valence-electron chi connectivity index (χ0n) is 7.20. The molecule has 0 atom stereocenters. The summed E-state index contributed by atoms with van der Waals surface area (Å²) in [4.78, 5) is 0. The average Bonchev–Trinajstić information content (AvgIpc) is 2.54. The Morgan fingerprint density at radius 1 is 1.23 bits per heavy atom. The lowest BCUT2D eigenvalue weighted by Crippen LogP contribution is -2.19. The van der Waals surface area contributed by atoms with Crippen LogP contribution in [-0.2, 0) is 0 Å². The summed E-state index contributed by atoms with van der Waals surface area (Å²) in [6.45, 7) is 0. The molecule has 0 spiro atoms. The minimum atomic E-state index is 0.301. The third kappa shape index (κ3) is 2.31. The van der Waals surface area contributed by atoms with Crippen LogP contribution >= 0.6 is 23.3 Å². The van der Waals surface area contributed by atoms with Crippen LogP contribution in [0.2, 0.25) is 5.15 Å². The minimum absolute atomic E-state index is 0.301. The fourth-order valence-corrected chi connectivity index (χ4v) is 2.20. The van der Waals surface area contributed by atoms with Crippen molar-refractivity contribution in [2.75, 3.05) is 0 Å². The lowest BCUT2D eigenvalue weighted by molar-refractivity contribution is 0.150. The Morgan fingerprint density at radius 2 is 2.00 bits per heavy atom. The maximum Gasteiger partial charge on any atom is 0.265 e. The number of hydrogen-bond acceptors (Lipinski definition) is 4. The summed E-state index contributed by atoms with van der Waals surface area (Å²) in [5.74, 6) is 0.513. The largest absolute Gasteiger partial charge is 0.472 e. The Hall–Kier alpha value is -0.350. The van der Waals surface area contributed by atoms with E-state index >= 15 is 0 Å². The quantitative estimate of drug-likeness (QED) is 0.766. The second kappa shape index (κ2) is 4.24. The molecule has 0 N–H and O–H groups in total. The van der Waals surface area contributed by atoms with E-state index in [9.17, 15) is 0 Å². The van der Waals surface area contributed by atoms with Gasteiger partial charge in [-0.05, 0) is 25.7 Å². The van der Waals surface area contributed by atoms with Crippen molar-refractivity contribution in [2.24, 2.45) is 0 Å². The Kier molecular flexibility index (Phi) is 3.01. The van der Waals surface area contributed by atoms with E-state index in [1.54, 1.807) is 0 Å². The van der Waals surface area contributed by atoms with E-state index in [4.69, 9.17) is 16.3 Å². The van der Waals surface area contributed by atoms with Gasteiger partial charge in [0.25, 0.3) is 5.88 Å². The van der Waals surface area contributed by atoms with Crippen molar-refractivity contribution in [2.45, 2.75) is 38.2 Å². The maximum atomic E-state index is 5.77. The van der Waals surface area contributed by atoms with E-state index < -0.39 is 0 Å². The van der Waals surface area contributed by atoms with Gasteiger partial charge in [0.1, 0.15) is 6.10 Å². The second-order valence-electron chi connectivity index (χ2n) is 3.24. The zero-order chi connectivity index (χ0) is 9.10. The molecule has 0 amide bonds. The van der Waals surface area contributed by atoms with Crippen LogP contribution in [0.3, 0.4) is 0 Å². The molecule has 0 saturated heterocycles. The van der Waals surface area contributed by atoms with E-state index in [1.165, 1.54) is 19.3 Å². The highest BCUT2D eigenvalue weighted by atomic mass is 35.5. The Balaban J connectivity index is 1.93. The van der Waals surface area contributed by atoms with E-state index in [-0.39, 0.29) is 0 Å². The van der Waals surface area contributed by atoms with Gasteiger partial charge >= 0.3 is 0 Å². The summed E-state index contributed by atoms with van der Waals surface area (Å²) < 4.78 is 13.5. The first-order valence-electron chi connectivity index (χ1n) is 4.51. The summed E-state index contributed by atoms with van der Waals surface area (Å²) in [6, 6.07) is 0. The molecule has 0 unspecified atom stereocenters. The summed E-state index contributed by atoms with van der Waals surface area (Å²) in [6.07, 6.45) is 6.36. The summed E-state index contributed by atoms with van der Waals surface area (Å²) in [7, 11) is 0. The number of aromatic nitrogens is 2. The lowest BCUT2D eigenvalue weighted by Gasteiger charge is -2.21. The molecule has 0 radical (unpaired) electrons.